The predicted octanol–water partition coefficient (Wildman–Crippen LogP) is -1.81. The molecule has 512 valence electrons. The van der Waals surface area contributed by atoms with Crippen LogP contribution in [0.3, 0.4) is 0 Å². The summed E-state index contributed by atoms with van der Waals surface area (Å²) in [7, 11) is 2.94. The number of nitrogens with zero attached hydrogens (tertiary/aromatic N) is 7. The molecule has 1 aliphatic heterocycles. The second kappa shape index (κ2) is 47.0. The van der Waals surface area contributed by atoms with E-state index in [9.17, 15) is 62.5 Å². The van der Waals surface area contributed by atoms with Gasteiger partial charge in [0.15, 0.2) is 0 Å². The van der Waals surface area contributed by atoms with E-state index in [1.165, 1.54) is 31.2 Å². The molecule has 28 nitrogen and oxygen atoms in total. The van der Waals surface area contributed by atoms with Crippen molar-refractivity contribution in [2.75, 3.05) is 223 Å². The van der Waals surface area contributed by atoms with Crippen LogP contribution in [0.15, 0.2) is 48.7 Å². The SMILES string of the molecule is COc1ccccc1N(C)C(=O)c1cc(-c2cnc(C(F)(F)F)cc2C#N)c(Cl)cc1OCCCC(=O)NCCOCCOCCOCCOCCOCCOCCOCCOCCNC(=O)CN1CCN(CC(=O)[O-])CCN(CC(=O)[O-])CCN(CC(=O)[O-])CC1.[In+3]. The summed E-state index contributed by atoms with van der Waals surface area (Å²) >= 11 is 6.62. The van der Waals surface area contributed by atoms with Gasteiger partial charge in [0.05, 0.1) is 172 Å². The molecule has 0 aliphatic carbocycles. The molecule has 0 radical (unpaired) electrons. The first kappa shape index (κ1) is 81.2. The minimum atomic E-state index is -4.80. The number of ether oxygens (including phenoxy) is 10. The number of carboxylic acid groups (broad SMARTS) is 3. The molecule has 33 heteroatoms. The molecule has 4 rings (SSSR count). The van der Waals surface area contributed by atoms with Gasteiger partial charge in [-0.25, -0.2) is 0 Å². The standard InChI is InChI=1S/C60H85ClF3N9O19.In/c1-69(50-6-3-4-7-51(50)83-2)59(82)47-37-46(48-40-68-53(60(62,63)64)36-45(48)39-65)49(61)38-52(47)92-19-5-8-54(74)66-9-20-84-22-24-86-26-28-88-30-32-90-34-35-91-33-31-89-29-27-87-25-23-85-21-10-67-55(75)41-70-11-13-71(42-56(76)77)15-17-73(44-58(80)81)18-16-72(14-12-70)43-57(78)79;/h3-4,6-7,36-38,40H,5,8-35,41-44H2,1-2H3,(H,66,74)(H,67,75)(H,76,77)(H,78,79)(H,80,81);/q;+3/p-3. The Labute approximate surface area is 562 Å². The number of halogens is 4. The number of pyridine rings is 1. The van der Waals surface area contributed by atoms with Gasteiger partial charge in [-0.3, -0.25) is 39.0 Å². The number of benzene rings is 2. The normalized spacial score (nSPS) is 13.8. The first-order valence-electron chi connectivity index (χ1n) is 29.8. The van der Waals surface area contributed by atoms with Gasteiger partial charge in [-0.2, -0.15) is 18.4 Å². The summed E-state index contributed by atoms with van der Waals surface area (Å²) in [5.41, 5.74) is -1.21. The summed E-state index contributed by atoms with van der Waals surface area (Å²) < 4.78 is 95.9. The van der Waals surface area contributed by atoms with Crippen LogP contribution in [0.4, 0.5) is 18.9 Å². The first-order valence-corrected chi connectivity index (χ1v) is 30.2. The third-order valence-electron chi connectivity index (χ3n) is 13.6. The molecular formula is C60H82ClF3InN9O19. The minimum Gasteiger partial charge on any atom is -0.549 e. The number of para-hydroxylation sites is 2. The molecule has 1 saturated heterocycles. The largest absolute Gasteiger partial charge is 3.00 e. The number of rotatable bonds is 44. The van der Waals surface area contributed by atoms with Crippen molar-refractivity contribution in [2.45, 2.75) is 19.0 Å². The molecule has 0 atom stereocenters. The molecule has 0 saturated carbocycles. The van der Waals surface area contributed by atoms with Crippen LogP contribution in [0.25, 0.3) is 11.1 Å². The fraction of sp³-hybridized carbons (Fsp3) is 0.600. The number of carbonyl (C=O) groups is 6. The Hall–Kier alpha value is -6.03. The van der Waals surface area contributed by atoms with Crippen molar-refractivity contribution in [3.05, 3.63) is 70.5 Å². The zero-order valence-corrected chi connectivity index (χ0v) is 56.5. The van der Waals surface area contributed by atoms with E-state index in [2.05, 4.69) is 15.6 Å². The molecule has 0 unspecified atom stereocenters. The Morgan fingerprint density at radius 1 is 0.591 bits per heavy atom. The van der Waals surface area contributed by atoms with Crippen LogP contribution >= 0.6 is 11.6 Å². The van der Waals surface area contributed by atoms with Gasteiger partial charge in [-0.15, -0.1) is 0 Å². The number of methoxy groups -OCH3 is 1. The van der Waals surface area contributed by atoms with Gasteiger partial charge >= 0.3 is 32.0 Å². The topological polar surface area (TPSA) is 341 Å². The van der Waals surface area contributed by atoms with Crippen molar-refractivity contribution in [1.82, 2.24) is 35.2 Å². The summed E-state index contributed by atoms with van der Waals surface area (Å²) in [5.74, 6) is -4.65. The van der Waals surface area contributed by atoms with Crippen LogP contribution in [0.5, 0.6) is 11.5 Å². The summed E-state index contributed by atoms with van der Waals surface area (Å²) in [6, 6.07) is 11.8. The van der Waals surface area contributed by atoms with Crippen molar-refractivity contribution < 1.29 is 105 Å². The average Bonchev–Trinajstić information content (AvgIpc) is 0.798. The number of aromatic nitrogens is 1. The van der Waals surface area contributed by atoms with Gasteiger partial charge in [0, 0.05) is 122 Å². The average molecular weight is 1440 g/mol. The third kappa shape index (κ3) is 33.8. The fourth-order valence-electron chi connectivity index (χ4n) is 8.85. The van der Waals surface area contributed by atoms with E-state index in [-0.39, 0.29) is 188 Å². The van der Waals surface area contributed by atoms with Crippen molar-refractivity contribution >= 4 is 78.8 Å². The molecule has 1 aliphatic rings. The third-order valence-corrected chi connectivity index (χ3v) is 13.9. The second-order valence-electron chi connectivity index (χ2n) is 20.4. The van der Waals surface area contributed by atoms with E-state index in [1.54, 1.807) is 49.9 Å². The monoisotopic (exact) mass is 1440 g/mol. The maximum absolute atomic E-state index is 14.1. The van der Waals surface area contributed by atoms with E-state index in [4.69, 9.17) is 59.0 Å². The van der Waals surface area contributed by atoms with Crippen molar-refractivity contribution in [3.63, 3.8) is 0 Å². The Balaban J connectivity index is 0.0000226. The van der Waals surface area contributed by atoms with E-state index in [0.717, 1.165) is 6.20 Å². The minimum absolute atomic E-state index is 0. The van der Waals surface area contributed by atoms with E-state index >= 15 is 0 Å². The molecule has 1 aromatic heterocycles. The van der Waals surface area contributed by atoms with Crippen LogP contribution in [-0.4, -0.2) is 304 Å². The van der Waals surface area contributed by atoms with Crippen LogP contribution in [0, 0.1) is 11.3 Å². The number of anilines is 1. The number of hydrogen-bond donors (Lipinski definition) is 2. The van der Waals surface area contributed by atoms with Gasteiger partial charge in [0.2, 0.25) is 11.8 Å². The number of aliphatic carboxylic acids is 3. The Morgan fingerprint density at radius 3 is 1.41 bits per heavy atom. The number of nitrogens with one attached hydrogen (secondary N) is 2. The van der Waals surface area contributed by atoms with Gasteiger partial charge in [0.25, 0.3) is 5.91 Å². The summed E-state index contributed by atoms with van der Waals surface area (Å²) in [5, 5.41) is 49.4. The van der Waals surface area contributed by atoms with Crippen LogP contribution in [-0.2, 0) is 68.0 Å². The second-order valence-corrected chi connectivity index (χ2v) is 20.8. The smallest absolute Gasteiger partial charge is 0.549 e. The zero-order chi connectivity index (χ0) is 66.9. The van der Waals surface area contributed by atoms with E-state index in [0.29, 0.717) is 110 Å². The zero-order valence-electron chi connectivity index (χ0n) is 52.4. The number of carbonyl (C=O) groups excluding carboxylic acids is 6. The predicted molar refractivity (Wildman–Crippen MR) is 324 cm³/mol. The molecule has 2 aromatic carbocycles. The van der Waals surface area contributed by atoms with Gasteiger partial charge in [-0.1, -0.05) is 23.7 Å². The van der Waals surface area contributed by atoms with E-state index in [1.807, 2.05) is 0 Å². The molecule has 0 bridgehead atoms. The fourth-order valence-corrected chi connectivity index (χ4v) is 9.11. The number of alkyl halides is 3. The van der Waals surface area contributed by atoms with Crippen LogP contribution in [0.1, 0.15) is 34.5 Å². The summed E-state index contributed by atoms with van der Waals surface area (Å²) in [6.07, 6.45) is -3.61. The van der Waals surface area contributed by atoms with Gasteiger partial charge in [-0.05, 0) is 30.7 Å². The summed E-state index contributed by atoms with van der Waals surface area (Å²) in [4.78, 5) is 84.9. The molecule has 93 heavy (non-hydrogen) atoms. The maximum atomic E-state index is 14.1. The van der Waals surface area contributed by atoms with Crippen LogP contribution < -0.4 is 40.3 Å². The van der Waals surface area contributed by atoms with E-state index < -0.39 is 42.2 Å². The van der Waals surface area contributed by atoms with Gasteiger partial charge in [0.1, 0.15) is 17.2 Å². The quantitative estimate of drug-likeness (QED) is 0.0590. The number of hydrogen-bond acceptors (Lipinski definition) is 25. The van der Waals surface area contributed by atoms with Crippen molar-refractivity contribution in [2.24, 2.45) is 0 Å². The molecule has 2 N–H and O–H groups in total. The van der Waals surface area contributed by atoms with Crippen molar-refractivity contribution in [3.8, 4) is 28.7 Å². The molecule has 2 heterocycles. The molecule has 0 spiro atoms. The van der Waals surface area contributed by atoms with Crippen molar-refractivity contribution in [1.29, 1.82) is 5.26 Å². The van der Waals surface area contributed by atoms with Crippen LogP contribution in [0.2, 0.25) is 5.02 Å². The summed E-state index contributed by atoms with van der Waals surface area (Å²) in [6.45, 7) is 6.42. The number of nitriles is 1. The first-order chi connectivity index (χ1) is 44.3. The molecule has 3 aromatic rings. The Morgan fingerprint density at radius 2 is 1.00 bits per heavy atom. The Kier molecular flexibility index (Phi) is 41.0. The number of carboxylic acids is 3. The maximum Gasteiger partial charge on any atom is 3.00 e. The molecule has 1 fully saturated rings. The Bertz CT molecular complexity index is 2750. The molecular weight excluding hydrogens is 1360 g/mol. The number of amides is 3. The molecule has 3 amide bonds. The van der Waals surface area contributed by atoms with Gasteiger partial charge < -0.3 is 92.6 Å².